The first kappa shape index (κ1) is 20.4. The van der Waals surface area contributed by atoms with Crippen LogP contribution in [0.15, 0.2) is 53.1 Å². The summed E-state index contributed by atoms with van der Waals surface area (Å²) in [5, 5.41) is 5.86. The molecule has 2 aromatic carbocycles. The van der Waals surface area contributed by atoms with E-state index in [0.717, 1.165) is 27.0 Å². The zero-order valence-corrected chi connectivity index (χ0v) is 18.6. The fraction of sp³-hybridized carbons (Fsp3) is 0.273. The van der Waals surface area contributed by atoms with E-state index in [1.165, 1.54) is 5.01 Å². The Balaban J connectivity index is 1.94. The van der Waals surface area contributed by atoms with E-state index in [-0.39, 0.29) is 12.0 Å². The molecule has 0 saturated carbocycles. The molecule has 6 heteroatoms. The third-order valence-corrected chi connectivity index (χ3v) is 5.32. The lowest BCUT2D eigenvalue weighted by molar-refractivity contribution is -0.114. The summed E-state index contributed by atoms with van der Waals surface area (Å²) in [7, 11) is 1.62. The van der Waals surface area contributed by atoms with Gasteiger partial charge in [0, 0.05) is 0 Å². The number of nitrogens with zero attached hydrogens (tertiary/aromatic N) is 2. The summed E-state index contributed by atoms with van der Waals surface area (Å²) >= 11 is 2.24. The molecule has 0 unspecified atom stereocenters. The summed E-state index contributed by atoms with van der Waals surface area (Å²) in [4.78, 5) is 12.9. The van der Waals surface area contributed by atoms with Gasteiger partial charge in [0.25, 0.3) is 5.91 Å². The van der Waals surface area contributed by atoms with Crippen LogP contribution >= 0.6 is 22.6 Å². The molecular formula is C22H23IN2O3. The zero-order valence-electron chi connectivity index (χ0n) is 16.4. The number of hydrogen-bond acceptors (Lipinski definition) is 4. The first-order chi connectivity index (χ1) is 13.4. The van der Waals surface area contributed by atoms with Crippen LogP contribution in [0, 0.1) is 3.57 Å². The van der Waals surface area contributed by atoms with Gasteiger partial charge in [-0.25, -0.2) is 0 Å². The molecule has 0 saturated heterocycles. The molecule has 0 bridgehead atoms. The molecule has 28 heavy (non-hydrogen) atoms. The predicted molar refractivity (Wildman–Crippen MR) is 121 cm³/mol. The molecule has 0 radical (unpaired) electrons. The van der Waals surface area contributed by atoms with Crippen LogP contribution in [0.3, 0.4) is 0 Å². The predicted octanol–water partition coefficient (Wildman–Crippen LogP) is 5.28. The molecule has 2 aromatic rings. The van der Waals surface area contributed by atoms with Crippen LogP contribution in [0.4, 0.5) is 5.69 Å². The van der Waals surface area contributed by atoms with Gasteiger partial charge in [-0.15, -0.1) is 0 Å². The lowest BCUT2D eigenvalue weighted by Crippen LogP contribution is -2.21. The van der Waals surface area contributed by atoms with Crippen molar-refractivity contribution >= 4 is 46.0 Å². The fourth-order valence-electron chi connectivity index (χ4n) is 2.82. The highest BCUT2D eigenvalue weighted by atomic mass is 127. The minimum absolute atomic E-state index is 0.0943. The van der Waals surface area contributed by atoms with E-state index in [4.69, 9.17) is 9.47 Å². The highest BCUT2D eigenvalue weighted by Crippen LogP contribution is 2.36. The van der Waals surface area contributed by atoms with Crippen molar-refractivity contribution in [2.24, 2.45) is 5.10 Å². The van der Waals surface area contributed by atoms with Crippen molar-refractivity contribution in [3.8, 4) is 11.5 Å². The third kappa shape index (κ3) is 4.22. The SMILES string of the molecule is CC[C@H](C)Oc1c(I)cc(/C=C2/C(=O)N(c3ccccc3)N=C2C)cc1OC. The number of carbonyl (C=O) groups is 1. The van der Waals surface area contributed by atoms with Crippen molar-refractivity contribution in [3.05, 3.63) is 57.2 Å². The number of ether oxygens (including phenoxy) is 2. The average molecular weight is 490 g/mol. The summed E-state index contributed by atoms with van der Waals surface area (Å²) < 4.78 is 12.5. The summed E-state index contributed by atoms with van der Waals surface area (Å²) in [5.41, 5.74) is 2.87. The summed E-state index contributed by atoms with van der Waals surface area (Å²) in [5.74, 6) is 1.24. The van der Waals surface area contributed by atoms with Crippen LogP contribution < -0.4 is 14.5 Å². The fourth-order valence-corrected chi connectivity index (χ4v) is 3.57. The van der Waals surface area contributed by atoms with E-state index in [0.29, 0.717) is 17.0 Å². The zero-order chi connectivity index (χ0) is 20.3. The van der Waals surface area contributed by atoms with Gasteiger partial charge in [-0.3, -0.25) is 4.79 Å². The summed E-state index contributed by atoms with van der Waals surface area (Å²) in [6.45, 7) is 5.95. The van der Waals surface area contributed by atoms with Gasteiger partial charge >= 0.3 is 0 Å². The smallest absolute Gasteiger partial charge is 0.280 e. The Morgan fingerprint density at radius 1 is 1.25 bits per heavy atom. The normalized spacial score (nSPS) is 16.3. The van der Waals surface area contributed by atoms with E-state index in [1.54, 1.807) is 7.11 Å². The summed E-state index contributed by atoms with van der Waals surface area (Å²) in [6, 6.07) is 13.3. The van der Waals surface area contributed by atoms with Crippen LogP contribution in [-0.4, -0.2) is 24.8 Å². The first-order valence-corrected chi connectivity index (χ1v) is 10.2. The Bertz CT molecular complexity index is 938. The molecule has 0 N–H and O–H groups in total. The van der Waals surface area contributed by atoms with Gasteiger partial charge in [0.15, 0.2) is 11.5 Å². The second-order valence-electron chi connectivity index (χ2n) is 6.57. The largest absolute Gasteiger partial charge is 0.493 e. The van der Waals surface area contributed by atoms with Crippen molar-refractivity contribution in [2.75, 3.05) is 12.1 Å². The standard InChI is InChI=1S/C22H23IN2O3/c1-5-14(2)28-21-19(23)12-16(13-20(21)27-4)11-18-15(3)24-25(22(18)26)17-9-7-6-8-10-17/h6-14H,5H2,1-4H3/b18-11+/t14-/m0/s1. The molecule has 0 spiro atoms. The van der Waals surface area contributed by atoms with Crippen molar-refractivity contribution in [2.45, 2.75) is 33.3 Å². The van der Waals surface area contributed by atoms with E-state index >= 15 is 0 Å². The topological polar surface area (TPSA) is 51.1 Å². The quantitative estimate of drug-likeness (QED) is 0.409. The number of halogens is 1. The van der Waals surface area contributed by atoms with Gasteiger partial charge < -0.3 is 9.47 Å². The number of carbonyl (C=O) groups excluding carboxylic acids is 1. The molecule has 0 aliphatic carbocycles. The van der Waals surface area contributed by atoms with Crippen LogP contribution in [0.2, 0.25) is 0 Å². The molecule has 5 nitrogen and oxygen atoms in total. The van der Waals surface area contributed by atoms with Crippen molar-refractivity contribution < 1.29 is 14.3 Å². The average Bonchev–Trinajstić information content (AvgIpc) is 2.98. The van der Waals surface area contributed by atoms with Gasteiger partial charge in [0.2, 0.25) is 0 Å². The monoisotopic (exact) mass is 490 g/mol. The van der Waals surface area contributed by atoms with Gasteiger partial charge in [0.05, 0.1) is 33.8 Å². The Kier molecular flexibility index (Phi) is 6.39. The number of benzene rings is 2. The van der Waals surface area contributed by atoms with Crippen LogP contribution in [0.25, 0.3) is 6.08 Å². The van der Waals surface area contributed by atoms with E-state index in [2.05, 4.69) is 34.6 Å². The summed E-state index contributed by atoms with van der Waals surface area (Å²) in [6.07, 6.45) is 2.85. The maximum atomic E-state index is 12.9. The van der Waals surface area contributed by atoms with Crippen LogP contribution in [0.5, 0.6) is 11.5 Å². The number of methoxy groups -OCH3 is 1. The number of amides is 1. The van der Waals surface area contributed by atoms with E-state index in [9.17, 15) is 4.79 Å². The minimum Gasteiger partial charge on any atom is -0.493 e. The molecule has 1 heterocycles. The number of para-hydroxylation sites is 1. The van der Waals surface area contributed by atoms with Gasteiger partial charge in [0.1, 0.15) is 0 Å². The number of anilines is 1. The molecule has 0 fully saturated rings. The Morgan fingerprint density at radius 2 is 1.96 bits per heavy atom. The van der Waals surface area contributed by atoms with Crippen molar-refractivity contribution in [1.82, 2.24) is 0 Å². The lowest BCUT2D eigenvalue weighted by atomic mass is 10.1. The molecule has 146 valence electrons. The first-order valence-electron chi connectivity index (χ1n) is 9.15. The molecule has 3 rings (SSSR count). The van der Waals surface area contributed by atoms with Gasteiger partial charge in [-0.1, -0.05) is 25.1 Å². The maximum absolute atomic E-state index is 12.9. The third-order valence-electron chi connectivity index (χ3n) is 4.52. The Labute approximate surface area is 179 Å². The van der Waals surface area contributed by atoms with E-state index < -0.39 is 0 Å². The van der Waals surface area contributed by atoms with Crippen LogP contribution in [-0.2, 0) is 4.79 Å². The second kappa shape index (κ2) is 8.77. The molecule has 1 aliphatic heterocycles. The number of hydrazone groups is 1. The van der Waals surface area contributed by atoms with Crippen molar-refractivity contribution in [3.63, 3.8) is 0 Å². The van der Waals surface area contributed by atoms with Crippen LogP contribution in [0.1, 0.15) is 32.8 Å². The Morgan fingerprint density at radius 3 is 2.61 bits per heavy atom. The van der Waals surface area contributed by atoms with E-state index in [1.807, 2.05) is 62.4 Å². The number of hydrogen-bond donors (Lipinski definition) is 0. The second-order valence-corrected chi connectivity index (χ2v) is 7.73. The van der Waals surface area contributed by atoms with Gasteiger partial charge in [-0.2, -0.15) is 10.1 Å². The lowest BCUT2D eigenvalue weighted by Gasteiger charge is -2.17. The molecule has 1 amide bonds. The minimum atomic E-state index is -0.141. The van der Waals surface area contributed by atoms with Crippen molar-refractivity contribution in [1.29, 1.82) is 0 Å². The van der Waals surface area contributed by atoms with Gasteiger partial charge in [-0.05, 0) is 78.8 Å². The highest BCUT2D eigenvalue weighted by molar-refractivity contribution is 14.1. The number of rotatable bonds is 6. The Hall–Kier alpha value is -2.35. The highest BCUT2D eigenvalue weighted by Gasteiger charge is 2.28. The molecule has 0 aromatic heterocycles. The maximum Gasteiger partial charge on any atom is 0.280 e. The molecule has 1 atom stereocenters. The molecular weight excluding hydrogens is 467 g/mol. The molecule has 1 aliphatic rings.